The Bertz CT molecular complexity index is 504. The molecule has 0 N–H and O–H groups in total. The minimum absolute atomic E-state index is 0.202. The number of rotatable bonds is 1. The number of morpholine rings is 1. The van der Waals surface area contributed by atoms with E-state index >= 15 is 0 Å². The van der Waals surface area contributed by atoms with Crippen LogP contribution in [0.5, 0.6) is 0 Å². The summed E-state index contributed by atoms with van der Waals surface area (Å²) < 4.78 is 5.27. The van der Waals surface area contributed by atoms with Gasteiger partial charge in [0.1, 0.15) is 11.0 Å². The van der Waals surface area contributed by atoms with Gasteiger partial charge in [-0.15, -0.1) is 11.3 Å². The van der Waals surface area contributed by atoms with Gasteiger partial charge in [0.25, 0.3) is 5.91 Å². The third kappa shape index (κ3) is 1.54. The SMILES string of the molecule is Cc1nc(C)c(N2C(=O)[C@H]3COCCN3C2=O)s1. The van der Waals surface area contributed by atoms with Crippen LogP contribution in [0, 0.1) is 13.8 Å². The van der Waals surface area contributed by atoms with Crippen LogP contribution in [0.3, 0.4) is 0 Å². The quantitative estimate of drug-likeness (QED) is 0.710. The molecule has 0 radical (unpaired) electrons. The van der Waals surface area contributed by atoms with E-state index in [-0.39, 0.29) is 18.5 Å². The fourth-order valence-electron chi connectivity index (χ4n) is 2.32. The van der Waals surface area contributed by atoms with E-state index < -0.39 is 6.04 Å². The summed E-state index contributed by atoms with van der Waals surface area (Å²) in [4.78, 5) is 31.6. The summed E-state index contributed by atoms with van der Waals surface area (Å²) in [5.74, 6) is -0.202. The number of carbonyl (C=O) groups excluding carboxylic acids is 2. The number of imide groups is 1. The van der Waals surface area contributed by atoms with Crippen molar-refractivity contribution in [3.63, 3.8) is 0 Å². The Morgan fingerprint density at radius 3 is 2.78 bits per heavy atom. The number of nitrogens with zero attached hydrogens (tertiary/aromatic N) is 3. The van der Waals surface area contributed by atoms with Crippen LogP contribution in [-0.2, 0) is 9.53 Å². The lowest BCUT2D eigenvalue weighted by atomic mass is 10.2. The van der Waals surface area contributed by atoms with Gasteiger partial charge in [0.15, 0.2) is 0 Å². The molecule has 1 aromatic rings. The molecule has 1 atom stereocenters. The van der Waals surface area contributed by atoms with Crippen LogP contribution < -0.4 is 4.90 Å². The summed E-state index contributed by atoms with van der Waals surface area (Å²) >= 11 is 1.37. The predicted octanol–water partition coefficient (Wildman–Crippen LogP) is 0.927. The summed E-state index contributed by atoms with van der Waals surface area (Å²) in [6, 6.07) is -0.715. The summed E-state index contributed by atoms with van der Waals surface area (Å²) in [5, 5.41) is 1.49. The third-order valence-corrected chi connectivity index (χ3v) is 4.21. The second-order valence-electron chi connectivity index (χ2n) is 4.36. The molecule has 0 spiro atoms. The zero-order chi connectivity index (χ0) is 12.9. The van der Waals surface area contributed by atoms with E-state index in [4.69, 9.17) is 4.74 Å². The summed E-state index contributed by atoms with van der Waals surface area (Å²) in [7, 11) is 0. The molecule has 2 aliphatic heterocycles. The molecule has 3 heterocycles. The number of aromatic nitrogens is 1. The van der Waals surface area contributed by atoms with Crippen LogP contribution in [-0.4, -0.2) is 47.6 Å². The van der Waals surface area contributed by atoms with Gasteiger partial charge in [-0.05, 0) is 13.8 Å². The molecule has 2 aliphatic rings. The van der Waals surface area contributed by atoms with E-state index in [2.05, 4.69) is 4.98 Å². The molecule has 2 fully saturated rings. The first-order valence-corrected chi connectivity index (χ1v) is 6.57. The van der Waals surface area contributed by atoms with E-state index in [1.54, 1.807) is 4.90 Å². The van der Waals surface area contributed by atoms with E-state index in [0.29, 0.717) is 18.2 Å². The van der Waals surface area contributed by atoms with E-state index in [1.165, 1.54) is 16.2 Å². The highest BCUT2D eigenvalue weighted by atomic mass is 32.1. The van der Waals surface area contributed by atoms with Gasteiger partial charge in [0.2, 0.25) is 0 Å². The molecule has 0 aromatic carbocycles. The second-order valence-corrected chi connectivity index (χ2v) is 5.55. The molecule has 0 unspecified atom stereocenters. The van der Waals surface area contributed by atoms with Crippen molar-refractivity contribution in [2.24, 2.45) is 0 Å². The number of aryl methyl sites for hydroxylation is 2. The largest absolute Gasteiger partial charge is 0.377 e. The lowest BCUT2D eigenvalue weighted by Crippen LogP contribution is -2.45. The van der Waals surface area contributed by atoms with Crippen molar-refractivity contribution in [1.29, 1.82) is 0 Å². The fraction of sp³-hybridized carbons (Fsp3) is 0.545. The molecule has 0 saturated carbocycles. The number of amides is 3. The van der Waals surface area contributed by atoms with E-state index in [0.717, 1.165) is 10.7 Å². The van der Waals surface area contributed by atoms with Crippen LogP contribution in [0.4, 0.5) is 9.80 Å². The molecule has 3 amide bonds. The van der Waals surface area contributed by atoms with Crippen molar-refractivity contribution < 1.29 is 14.3 Å². The molecule has 1 aromatic heterocycles. The van der Waals surface area contributed by atoms with Gasteiger partial charge in [-0.1, -0.05) is 0 Å². The maximum Gasteiger partial charge on any atom is 0.332 e. The number of ether oxygens (including phenoxy) is 1. The molecule has 0 bridgehead atoms. The minimum atomic E-state index is -0.465. The number of hydrogen-bond donors (Lipinski definition) is 0. The molecule has 2 saturated heterocycles. The van der Waals surface area contributed by atoms with Crippen molar-refractivity contribution in [3.8, 4) is 0 Å². The predicted molar refractivity (Wildman–Crippen MR) is 65.8 cm³/mol. The maximum absolute atomic E-state index is 12.3. The average molecular weight is 267 g/mol. The van der Waals surface area contributed by atoms with E-state index in [1.807, 2.05) is 13.8 Å². The van der Waals surface area contributed by atoms with Crippen molar-refractivity contribution in [3.05, 3.63) is 10.7 Å². The highest BCUT2D eigenvalue weighted by molar-refractivity contribution is 7.16. The Hall–Kier alpha value is -1.47. The van der Waals surface area contributed by atoms with Gasteiger partial charge in [-0.25, -0.2) is 14.7 Å². The van der Waals surface area contributed by atoms with Crippen LogP contribution in [0.2, 0.25) is 0 Å². The summed E-state index contributed by atoms with van der Waals surface area (Å²) in [6.45, 7) is 4.93. The Labute approximate surface area is 108 Å². The Morgan fingerprint density at radius 1 is 1.39 bits per heavy atom. The first-order chi connectivity index (χ1) is 8.59. The van der Waals surface area contributed by atoms with Crippen molar-refractivity contribution in [1.82, 2.24) is 9.88 Å². The normalized spacial score (nSPS) is 23.8. The lowest BCUT2D eigenvalue weighted by Gasteiger charge is -2.26. The standard InChI is InChI=1S/C11H13N3O3S/c1-6-10(18-7(2)12-6)14-9(15)8-5-17-4-3-13(8)11(14)16/h8H,3-5H2,1-2H3/t8-/m1/s1. The van der Waals surface area contributed by atoms with Gasteiger partial charge in [0.05, 0.1) is 23.9 Å². The maximum atomic E-state index is 12.3. The fourth-order valence-corrected chi connectivity index (χ4v) is 3.24. The zero-order valence-electron chi connectivity index (χ0n) is 10.2. The highest BCUT2D eigenvalue weighted by Gasteiger charge is 2.48. The molecule has 6 nitrogen and oxygen atoms in total. The van der Waals surface area contributed by atoms with Crippen LogP contribution in [0.25, 0.3) is 0 Å². The molecular weight excluding hydrogens is 254 g/mol. The number of fused-ring (bicyclic) bond motifs is 1. The third-order valence-electron chi connectivity index (χ3n) is 3.15. The Kier molecular flexibility index (Phi) is 2.60. The topological polar surface area (TPSA) is 62.7 Å². The van der Waals surface area contributed by atoms with Crippen molar-refractivity contribution in [2.45, 2.75) is 19.9 Å². The molecular formula is C11H13N3O3S. The van der Waals surface area contributed by atoms with Gasteiger partial charge < -0.3 is 9.64 Å². The first kappa shape index (κ1) is 11.6. The number of urea groups is 1. The van der Waals surface area contributed by atoms with Crippen LogP contribution >= 0.6 is 11.3 Å². The van der Waals surface area contributed by atoms with Crippen molar-refractivity contribution in [2.75, 3.05) is 24.7 Å². The number of thiazole rings is 1. The summed E-state index contributed by atoms with van der Waals surface area (Å²) in [6.07, 6.45) is 0. The molecule has 3 rings (SSSR count). The van der Waals surface area contributed by atoms with Gasteiger partial charge in [-0.3, -0.25) is 4.79 Å². The van der Waals surface area contributed by atoms with Crippen LogP contribution in [0.15, 0.2) is 0 Å². The number of anilines is 1. The van der Waals surface area contributed by atoms with Gasteiger partial charge >= 0.3 is 6.03 Å². The minimum Gasteiger partial charge on any atom is -0.377 e. The van der Waals surface area contributed by atoms with Gasteiger partial charge in [-0.2, -0.15) is 0 Å². The molecule has 7 heteroatoms. The number of hydrogen-bond acceptors (Lipinski definition) is 5. The van der Waals surface area contributed by atoms with Crippen molar-refractivity contribution >= 4 is 28.3 Å². The first-order valence-electron chi connectivity index (χ1n) is 5.76. The zero-order valence-corrected chi connectivity index (χ0v) is 11.0. The average Bonchev–Trinajstić information content (AvgIpc) is 2.79. The molecule has 96 valence electrons. The second kappa shape index (κ2) is 4.03. The lowest BCUT2D eigenvalue weighted by molar-refractivity contribution is -0.123. The Balaban J connectivity index is 2.00. The van der Waals surface area contributed by atoms with E-state index in [9.17, 15) is 9.59 Å². The smallest absolute Gasteiger partial charge is 0.332 e. The Morgan fingerprint density at radius 2 is 2.17 bits per heavy atom. The highest BCUT2D eigenvalue weighted by Crippen LogP contribution is 2.33. The van der Waals surface area contributed by atoms with Gasteiger partial charge in [0, 0.05) is 6.54 Å². The van der Waals surface area contributed by atoms with Crippen LogP contribution in [0.1, 0.15) is 10.7 Å². The molecule has 0 aliphatic carbocycles. The summed E-state index contributed by atoms with van der Waals surface area (Å²) in [5.41, 5.74) is 0.722. The monoisotopic (exact) mass is 267 g/mol. The molecule has 18 heavy (non-hydrogen) atoms. The number of carbonyl (C=O) groups is 2.